The number of nitrogens with one attached hydrogen (secondary N) is 1. The maximum absolute atomic E-state index is 11.9. The lowest BCUT2D eigenvalue weighted by molar-refractivity contribution is -0.115. The smallest absolute Gasteiger partial charge is 0.263 e. The van der Waals surface area contributed by atoms with Crippen LogP contribution in [0.4, 0.5) is 17.1 Å². The SMILES string of the molecule is O=C1Nc2ccccc2N(c2cccc(O)c2)C1Cl. The van der Waals surface area contributed by atoms with E-state index in [0.717, 1.165) is 5.69 Å². The van der Waals surface area contributed by atoms with Gasteiger partial charge in [0.25, 0.3) is 5.91 Å². The fourth-order valence-corrected chi connectivity index (χ4v) is 2.41. The minimum atomic E-state index is -0.850. The Morgan fingerprint density at radius 2 is 1.95 bits per heavy atom. The second-order valence-corrected chi connectivity index (χ2v) is 4.65. The van der Waals surface area contributed by atoms with Gasteiger partial charge in [-0.05, 0) is 24.3 Å². The molecule has 2 aromatic rings. The third-order valence-electron chi connectivity index (χ3n) is 2.97. The lowest BCUT2D eigenvalue weighted by Crippen LogP contribution is -2.41. The number of hydrogen-bond donors (Lipinski definition) is 2. The molecule has 0 spiro atoms. The molecule has 0 fully saturated rings. The maximum Gasteiger partial charge on any atom is 0.263 e. The predicted molar refractivity (Wildman–Crippen MR) is 75.0 cm³/mol. The van der Waals surface area contributed by atoms with E-state index in [1.165, 1.54) is 0 Å². The second kappa shape index (κ2) is 4.48. The van der Waals surface area contributed by atoms with Crippen LogP contribution in [0.3, 0.4) is 0 Å². The van der Waals surface area contributed by atoms with Gasteiger partial charge >= 0.3 is 0 Å². The van der Waals surface area contributed by atoms with E-state index < -0.39 is 5.50 Å². The van der Waals surface area contributed by atoms with Gasteiger partial charge in [0, 0.05) is 11.8 Å². The number of rotatable bonds is 1. The number of alkyl halides is 1. The molecular formula is C14H11ClN2O2. The zero-order valence-electron chi connectivity index (χ0n) is 9.88. The zero-order valence-corrected chi connectivity index (χ0v) is 10.6. The highest BCUT2D eigenvalue weighted by Crippen LogP contribution is 2.39. The molecule has 0 saturated carbocycles. The fraction of sp³-hybridized carbons (Fsp3) is 0.0714. The van der Waals surface area contributed by atoms with Crippen LogP contribution >= 0.6 is 11.6 Å². The monoisotopic (exact) mass is 274 g/mol. The summed E-state index contributed by atoms with van der Waals surface area (Å²) in [5.74, 6) is -0.159. The molecule has 96 valence electrons. The van der Waals surface area contributed by atoms with Crippen molar-refractivity contribution in [3.63, 3.8) is 0 Å². The van der Waals surface area contributed by atoms with E-state index in [-0.39, 0.29) is 11.7 Å². The van der Waals surface area contributed by atoms with Gasteiger partial charge in [0.1, 0.15) is 5.75 Å². The van der Waals surface area contributed by atoms with Crippen LogP contribution in [0.2, 0.25) is 0 Å². The highest BCUT2D eigenvalue weighted by Gasteiger charge is 2.32. The summed E-state index contributed by atoms with van der Waals surface area (Å²) in [6, 6.07) is 14.0. The molecule has 1 heterocycles. The molecule has 3 rings (SSSR count). The number of phenolic OH excluding ortho intramolecular Hbond substituents is 1. The zero-order chi connectivity index (χ0) is 13.4. The number of benzene rings is 2. The molecule has 0 aliphatic carbocycles. The summed E-state index contributed by atoms with van der Waals surface area (Å²) in [6.45, 7) is 0. The second-order valence-electron chi connectivity index (χ2n) is 4.23. The summed E-state index contributed by atoms with van der Waals surface area (Å²) >= 11 is 6.18. The van der Waals surface area contributed by atoms with Crippen LogP contribution in [0.5, 0.6) is 5.75 Å². The minimum Gasteiger partial charge on any atom is -0.508 e. The van der Waals surface area contributed by atoms with Crippen LogP contribution < -0.4 is 10.2 Å². The average Bonchev–Trinajstić information content (AvgIpc) is 2.40. The third-order valence-corrected chi connectivity index (χ3v) is 3.37. The van der Waals surface area contributed by atoms with Crippen molar-refractivity contribution in [2.24, 2.45) is 0 Å². The lowest BCUT2D eigenvalue weighted by atomic mass is 10.1. The molecule has 5 heteroatoms. The molecule has 1 atom stereocenters. The Hall–Kier alpha value is -2.20. The van der Waals surface area contributed by atoms with Gasteiger partial charge in [-0.2, -0.15) is 0 Å². The molecule has 0 saturated heterocycles. The first-order valence-electron chi connectivity index (χ1n) is 5.79. The van der Waals surface area contributed by atoms with E-state index in [1.807, 2.05) is 24.3 Å². The Labute approximate surface area is 115 Å². The van der Waals surface area contributed by atoms with Gasteiger partial charge in [-0.3, -0.25) is 4.79 Å². The predicted octanol–water partition coefficient (Wildman–Crippen LogP) is 3.05. The summed E-state index contributed by atoms with van der Waals surface area (Å²) in [4.78, 5) is 13.6. The fourth-order valence-electron chi connectivity index (χ4n) is 2.13. The summed E-state index contributed by atoms with van der Waals surface area (Å²) in [7, 11) is 0. The Kier molecular flexibility index (Phi) is 2.80. The number of aromatic hydroxyl groups is 1. The van der Waals surface area contributed by atoms with Crippen molar-refractivity contribution in [3.8, 4) is 5.75 Å². The van der Waals surface area contributed by atoms with Crippen LogP contribution in [-0.4, -0.2) is 16.5 Å². The largest absolute Gasteiger partial charge is 0.508 e. The summed E-state index contributed by atoms with van der Waals surface area (Å²) in [5.41, 5.74) is 1.32. The van der Waals surface area contributed by atoms with Crippen molar-refractivity contribution in [2.45, 2.75) is 5.50 Å². The van der Waals surface area contributed by atoms with Gasteiger partial charge in [-0.25, -0.2) is 0 Å². The first-order chi connectivity index (χ1) is 9.16. The number of fused-ring (bicyclic) bond motifs is 1. The summed E-state index contributed by atoms with van der Waals surface area (Å²) < 4.78 is 0. The Balaban J connectivity index is 2.16. The number of halogens is 1. The van der Waals surface area contributed by atoms with E-state index in [1.54, 1.807) is 29.2 Å². The molecule has 1 amide bonds. The number of para-hydroxylation sites is 2. The van der Waals surface area contributed by atoms with Gasteiger partial charge in [0.05, 0.1) is 11.4 Å². The normalized spacial score (nSPS) is 17.8. The van der Waals surface area contributed by atoms with E-state index >= 15 is 0 Å². The molecule has 19 heavy (non-hydrogen) atoms. The number of phenols is 1. The highest BCUT2D eigenvalue weighted by molar-refractivity contribution is 6.36. The Morgan fingerprint density at radius 1 is 1.16 bits per heavy atom. The number of carbonyl (C=O) groups is 1. The van der Waals surface area contributed by atoms with Crippen molar-refractivity contribution < 1.29 is 9.90 Å². The van der Waals surface area contributed by atoms with Crippen LogP contribution in [0.25, 0.3) is 0 Å². The lowest BCUT2D eigenvalue weighted by Gasteiger charge is -2.34. The summed E-state index contributed by atoms with van der Waals surface area (Å²) in [5, 5.41) is 12.3. The molecule has 0 radical (unpaired) electrons. The van der Waals surface area contributed by atoms with Crippen molar-refractivity contribution >= 4 is 34.6 Å². The quantitative estimate of drug-likeness (QED) is 0.621. The Bertz CT molecular complexity index is 645. The molecule has 2 N–H and O–H groups in total. The van der Waals surface area contributed by atoms with Crippen LogP contribution in [0, 0.1) is 0 Å². The minimum absolute atomic E-state index is 0.129. The molecule has 2 aromatic carbocycles. The molecule has 1 aliphatic rings. The maximum atomic E-state index is 11.9. The molecular weight excluding hydrogens is 264 g/mol. The Morgan fingerprint density at radius 3 is 2.74 bits per heavy atom. The van der Waals surface area contributed by atoms with Gasteiger partial charge in [-0.1, -0.05) is 29.8 Å². The van der Waals surface area contributed by atoms with Gasteiger partial charge < -0.3 is 15.3 Å². The van der Waals surface area contributed by atoms with Crippen molar-refractivity contribution in [1.29, 1.82) is 0 Å². The number of amides is 1. The standard InChI is InChI=1S/C14H11ClN2O2/c15-13-14(19)16-11-6-1-2-7-12(11)17(13)9-4-3-5-10(18)8-9/h1-8,13,18H,(H,16,19). The topological polar surface area (TPSA) is 52.6 Å². The van der Waals surface area contributed by atoms with E-state index in [0.29, 0.717) is 11.4 Å². The highest BCUT2D eigenvalue weighted by atomic mass is 35.5. The van der Waals surface area contributed by atoms with E-state index in [9.17, 15) is 9.90 Å². The van der Waals surface area contributed by atoms with Crippen LogP contribution in [0.1, 0.15) is 0 Å². The number of anilines is 3. The third kappa shape index (κ3) is 2.00. The number of hydrogen-bond acceptors (Lipinski definition) is 3. The molecule has 1 unspecified atom stereocenters. The van der Waals surface area contributed by atoms with Crippen molar-refractivity contribution in [3.05, 3.63) is 48.5 Å². The van der Waals surface area contributed by atoms with Crippen LogP contribution in [0.15, 0.2) is 48.5 Å². The molecule has 0 aromatic heterocycles. The molecule has 0 bridgehead atoms. The molecule has 1 aliphatic heterocycles. The van der Waals surface area contributed by atoms with E-state index in [4.69, 9.17) is 11.6 Å². The molecule has 4 nitrogen and oxygen atoms in total. The number of nitrogens with zero attached hydrogens (tertiary/aromatic N) is 1. The van der Waals surface area contributed by atoms with Crippen LogP contribution in [-0.2, 0) is 4.79 Å². The van der Waals surface area contributed by atoms with Crippen molar-refractivity contribution in [2.75, 3.05) is 10.2 Å². The van der Waals surface area contributed by atoms with Gasteiger partial charge in [0.2, 0.25) is 0 Å². The first kappa shape index (κ1) is 11.9. The van der Waals surface area contributed by atoms with Gasteiger partial charge in [-0.15, -0.1) is 0 Å². The van der Waals surface area contributed by atoms with E-state index in [2.05, 4.69) is 5.32 Å². The summed E-state index contributed by atoms with van der Waals surface area (Å²) in [6.07, 6.45) is 0. The first-order valence-corrected chi connectivity index (χ1v) is 6.23. The number of carbonyl (C=O) groups excluding carboxylic acids is 1. The van der Waals surface area contributed by atoms with Gasteiger partial charge in [0.15, 0.2) is 5.50 Å². The average molecular weight is 275 g/mol. The van der Waals surface area contributed by atoms with Crippen molar-refractivity contribution in [1.82, 2.24) is 0 Å².